The largest absolute Gasteiger partial charge is 0.322 e. The molecular weight excluding hydrogens is 350 g/mol. The van der Waals surface area contributed by atoms with Gasteiger partial charge in [-0.3, -0.25) is 14.6 Å². The van der Waals surface area contributed by atoms with Crippen LogP contribution in [-0.4, -0.2) is 16.8 Å². The Balaban J connectivity index is 1.72. The average molecular weight is 367 g/mol. The number of aromatic nitrogens is 1. The Morgan fingerprint density at radius 1 is 0.714 bits per heavy atom. The molecule has 0 fully saturated rings. The van der Waals surface area contributed by atoms with Gasteiger partial charge in [0.05, 0.1) is 16.8 Å². The second-order valence-electron chi connectivity index (χ2n) is 6.23. The van der Waals surface area contributed by atoms with Gasteiger partial charge >= 0.3 is 0 Å². The van der Waals surface area contributed by atoms with Gasteiger partial charge in [-0.25, -0.2) is 0 Å². The molecule has 0 spiro atoms. The molecule has 3 aromatic carbocycles. The molecule has 4 rings (SSSR count). The van der Waals surface area contributed by atoms with Gasteiger partial charge in [0.25, 0.3) is 11.8 Å². The first-order valence-corrected chi connectivity index (χ1v) is 8.82. The van der Waals surface area contributed by atoms with Crippen molar-refractivity contribution in [1.29, 1.82) is 0 Å². The predicted octanol–water partition coefficient (Wildman–Crippen LogP) is 4.74. The molecule has 0 unspecified atom stereocenters. The summed E-state index contributed by atoms with van der Waals surface area (Å²) in [6.45, 7) is 0. The Labute approximate surface area is 162 Å². The van der Waals surface area contributed by atoms with Crippen LogP contribution in [-0.2, 0) is 0 Å². The number of benzene rings is 3. The fourth-order valence-corrected chi connectivity index (χ4v) is 2.92. The van der Waals surface area contributed by atoms with Crippen molar-refractivity contribution >= 4 is 34.1 Å². The molecule has 5 heteroatoms. The van der Waals surface area contributed by atoms with E-state index in [4.69, 9.17) is 0 Å². The summed E-state index contributed by atoms with van der Waals surface area (Å²) in [5.74, 6) is -0.593. The van der Waals surface area contributed by atoms with Crippen molar-refractivity contribution < 1.29 is 9.59 Å². The van der Waals surface area contributed by atoms with Gasteiger partial charge in [0, 0.05) is 22.8 Å². The SMILES string of the molecule is O=C(Nc1cc2ncccc2cc1C(=O)Nc1ccccc1)c1ccccc1. The van der Waals surface area contributed by atoms with Gasteiger partial charge in [0.15, 0.2) is 0 Å². The van der Waals surface area contributed by atoms with E-state index in [-0.39, 0.29) is 11.8 Å². The summed E-state index contributed by atoms with van der Waals surface area (Å²) in [5, 5.41) is 6.53. The van der Waals surface area contributed by atoms with Crippen LogP contribution in [0.2, 0.25) is 0 Å². The molecule has 4 aromatic rings. The smallest absolute Gasteiger partial charge is 0.257 e. The van der Waals surface area contributed by atoms with Crippen LogP contribution in [0.4, 0.5) is 11.4 Å². The van der Waals surface area contributed by atoms with Crippen LogP contribution in [0.25, 0.3) is 10.9 Å². The molecule has 2 N–H and O–H groups in total. The lowest BCUT2D eigenvalue weighted by Gasteiger charge is -2.13. The molecule has 1 heterocycles. The van der Waals surface area contributed by atoms with Gasteiger partial charge in [-0.15, -0.1) is 0 Å². The van der Waals surface area contributed by atoms with Crippen molar-refractivity contribution in [3.8, 4) is 0 Å². The third-order valence-corrected chi connectivity index (χ3v) is 4.30. The first kappa shape index (κ1) is 17.4. The molecule has 2 amide bonds. The number of amides is 2. The van der Waals surface area contributed by atoms with Crippen molar-refractivity contribution in [3.63, 3.8) is 0 Å². The van der Waals surface area contributed by atoms with Crippen molar-refractivity contribution in [2.45, 2.75) is 0 Å². The monoisotopic (exact) mass is 367 g/mol. The van der Waals surface area contributed by atoms with Crippen LogP contribution >= 0.6 is 0 Å². The molecule has 0 saturated heterocycles. The third kappa shape index (κ3) is 3.73. The number of rotatable bonds is 4. The minimum atomic E-state index is -0.305. The maximum atomic E-state index is 12.9. The number of carbonyl (C=O) groups is 2. The molecule has 0 atom stereocenters. The molecule has 5 nitrogen and oxygen atoms in total. The Hall–Kier alpha value is -3.99. The second-order valence-corrected chi connectivity index (χ2v) is 6.23. The number of nitrogens with zero attached hydrogens (tertiary/aromatic N) is 1. The van der Waals surface area contributed by atoms with E-state index >= 15 is 0 Å². The quantitative estimate of drug-likeness (QED) is 0.547. The lowest BCUT2D eigenvalue weighted by atomic mass is 10.1. The zero-order valence-corrected chi connectivity index (χ0v) is 14.9. The third-order valence-electron chi connectivity index (χ3n) is 4.30. The average Bonchev–Trinajstić information content (AvgIpc) is 2.74. The number of hydrogen-bond acceptors (Lipinski definition) is 3. The van der Waals surface area contributed by atoms with Crippen LogP contribution in [0, 0.1) is 0 Å². The highest BCUT2D eigenvalue weighted by Crippen LogP contribution is 2.24. The first-order valence-electron chi connectivity index (χ1n) is 8.82. The number of para-hydroxylation sites is 1. The Morgan fingerprint density at radius 3 is 2.18 bits per heavy atom. The molecule has 0 aliphatic carbocycles. The topological polar surface area (TPSA) is 71.1 Å². The highest BCUT2D eigenvalue weighted by molar-refractivity contribution is 6.14. The molecule has 0 saturated carbocycles. The van der Waals surface area contributed by atoms with Gasteiger partial charge in [-0.1, -0.05) is 42.5 Å². The standard InChI is InChI=1S/C23H17N3O2/c27-22(16-8-3-1-4-9-16)26-21-15-20-17(10-7-13-24-20)14-19(21)23(28)25-18-11-5-2-6-12-18/h1-15H,(H,25,28)(H,26,27). The molecular formula is C23H17N3O2. The van der Waals surface area contributed by atoms with Crippen LogP contribution in [0.5, 0.6) is 0 Å². The highest BCUT2D eigenvalue weighted by Gasteiger charge is 2.16. The van der Waals surface area contributed by atoms with Gasteiger partial charge in [-0.05, 0) is 42.5 Å². The molecule has 0 bridgehead atoms. The van der Waals surface area contributed by atoms with E-state index in [1.165, 1.54) is 0 Å². The van der Waals surface area contributed by atoms with Gasteiger partial charge in [0.1, 0.15) is 0 Å². The van der Waals surface area contributed by atoms with E-state index in [1.54, 1.807) is 42.6 Å². The highest BCUT2D eigenvalue weighted by atomic mass is 16.2. The number of nitrogens with one attached hydrogen (secondary N) is 2. The minimum Gasteiger partial charge on any atom is -0.322 e. The number of anilines is 2. The molecule has 28 heavy (non-hydrogen) atoms. The lowest BCUT2D eigenvalue weighted by molar-refractivity contribution is 0.102. The Morgan fingerprint density at radius 2 is 1.43 bits per heavy atom. The molecule has 0 aliphatic rings. The summed E-state index contributed by atoms with van der Waals surface area (Å²) in [5.41, 5.74) is 2.67. The number of pyridine rings is 1. The van der Waals surface area contributed by atoms with Gasteiger partial charge < -0.3 is 10.6 Å². The van der Waals surface area contributed by atoms with E-state index in [1.807, 2.05) is 48.5 Å². The summed E-state index contributed by atoms with van der Waals surface area (Å²) in [4.78, 5) is 29.9. The van der Waals surface area contributed by atoms with Crippen LogP contribution < -0.4 is 10.6 Å². The molecule has 0 radical (unpaired) electrons. The van der Waals surface area contributed by atoms with E-state index in [0.29, 0.717) is 28.0 Å². The number of hydrogen-bond donors (Lipinski definition) is 2. The van der Waals surface area contributed by atoms with Crippen molar-refractivity contribution in [3.05, 3.63) is 102 Å². The maximum absolute atomic E-state index is 12.9. The van der Waals surface area contributed by atoms with Crippen molar-refractivity contribution in [2.24, 2.45) is 0 Å². The zero-order chi connectivity index (χ0) is 19.3. The van der Waals surface area contributed by atoms with E-state index < -0.39 is 0 Å². The summed E-state index contributed by atoms with van der Waals surface area (Å²) in [6.07, 6.45) is 1.68. The fraction of sp³-hybridized carbons (Fsp3) is 0. The lowest BCUT2D eigenvalue weighted by Crippen LogP contribution is -2.18. The predicted molar refractivity (Wildman–Crippen MR) is 111 cm³/mol. The maximum Gasteiger partial charge on any atom is 0.257 e. The number of carbonyl (C=O) groups excluding carboxylic acids is 2. The van der Waals surface area contributed by atoms with Crippen LogP contribution in [0.1, 0.15) is 20.7 Å². The Kier molecular flexibility index (Phi) is 4.80. The normalized spacial score (nSPS) is 10.4. The second kappa shape index (κ2) is 7.72. The van der Waals surface area contributed by atoms with E-state index in [0.717, 1.165) is 5.39 Å². The summed E-state index contributed by atoms with van der Waals surface area (Å²) >= 11 is 0. The fourth-order valence-electron chi connectivity index (χ4n) is 2.92. The summed E-state index contributed by atoms with van der Waals surface area (Å²) < 4.78 is 0. The van der Waals surface area contributed by atoms with Crippen LogP contribution in [0.3, 0.4) is 0 Å². The van der Waals surface area contributed by atoms with Crippen molar-refractivity contribution in [1.82, 2.24) is 4.98 Å². The number of fused-ring (bicyclic) bond motifs is 1. The zero-order valence-electron chi connectivity index (χ0n) is 14.9. The molecule has 1 aromatic heterocycles. The van der Waals surface area contributed by atoms with Gasteiger partial charge in [-0.2, -0.15) is 0 Å². The van der Waals surface area contributed by atoms with Crippen molar-refractivity contribution in [2.75, 3.05) is 10.6 Å². The van der Waals surface area contributed by atoms with E-state index in [2.05, 4.69) is 15.6 Å². The van der Waals surface area contributed by atoms with E-state index in [9.17, 15) is 9.59 Å². The molecule has 136 valence electrons. The van der Waals surface area contributed by atoms with Crippen LogP contribution in [0.15, 0.2) is 91.1 Å². The minimum absolute atomic E-state index is 0.287. The Bertz CT molecular complexity index is 1140. The summed E-state index contributed by atoms with van der Waals surface area (Å²) in [7, 11) is 0. The first-order chi connectivity index (χ1) is 13.7. The molecule has 0 aliphatic heterocycles. The summed E-state index contributed by atoms with van der Waals surface area (Å²) in [6, 6.07) is 25.2. The van der Waals surface area contributed by atoms with Gasteiger partial charge in [0.2, 0.25) is 0 Å².